The van der Waals surface area contributed by atoms with Gasteiger partial charge in [0.2, 0.25) is 5.91 Å². The monoisotopic (exact) mass is 242 g/mol. The molecule has 1 amide bonds. The number of carbonyl (C=O) groups excluding carboxylic acids is 1. The molecule has 17 heavy (non-hydrogen) atoms. The summed E-state index contributed by atoms with van der Waals surface area (Å²) in [6.45, 7) is 6.36. The summed E-state index contributed by atoms with van der Waals surface area (Å²) in [6.07, 6.45) is 1.13. The fourth-order valence-electron chi connectivity index (χ4n) is 1.85. The molecule has 1 aliphatic heterocycles. The van der Waals surface area contributed by atoms with Crippen LogP contribution in [0.1, 0.15) is 6.42 Å². The summed E-state index contributed by atoms with van der Waals surface area (Å²) in [5, 5.41) is 3.35. The molecule has 5 heteroatoms. The molecule has 0 aromatic carbocycles. The maximum atomic E-state index is 12.0. The second-order valence-electron chi connectivity index (χ2n) is 5.00. The third-order valence-electron chi connectivity index (χ3n) is 3.10. The standard InChI is InChI=1S/C12H26N4O/c1-14(2)9-10-15(3)12(17)11-16-7-4-5-13-6-8-16/h13H,4-11H2,1-3H3. The molecule has 0 aromatic rings. The lowest BCUT2D eigenvalue weighted by Gasteiger charge is -2.24. The Morgan fingerprint density at radius 2 is 1.94 bits per heavy atom. The molecule has 1 N–H and O–H groups in total. The van der Waals surface area contributed by atoms with Crippen LogP contribution in [0, 0.1) is 0 Å². The Kier molecular flexibility index (Phi) is 6.47. The smallest absolute Gasteiger partial charge is 0.236 e. The lowest BCUT2D eigenvalue weighted by Crippen LogP contribution is -2.41. The molecule has 100 valence electrons. The van der Waals surface area contributed by atoms with Crippen LogP contribution in [0.5, 0.6) is 0 Å². The molecule has 0 spiro atoms. The third kappa shape index (κ3) is 6.00. The Morgan fingerprint density at radius 3 is 2.65 bits per heavy atom. The summed E-state index contributed by atoms with van der Waals surface area (Å²) >= 11 is 0. The number of carbonyl (C=O) groups is 1. The topological polar surface area (TPSA) is 38.8 Å². The second kappa shape index (κ2) is 7.63. The van der Waals surface area contributed by atoms with Crippen LogP contribution in [-0.4, -0.2) is 87.6 Å². The van der Waals surface area contributed by atoms with Crippen molar-refractivity contribution in [1.82, 2.24) is 20.0 Å². The Morgan fingerprint density at radius 1 is 1.18 bits per heavy atom. The largest absolute Gasteiger partial charge is 0.343 e. The van der Waals surface area contributed by atoms with Gasteiger partial charge in [-0.15, -0.1) is 0 Å². The van der Waals surface area contributed by atoms with Gasteiger partial charge in [-0.25, -0.2) is 0 Å². The molecule has 1 heterocycles. The van der Waals surface area contributed by atoms with Gasteiger partial charge in [0.25, 0.3) is 0 Å². The molecule has 0 saturated carbocycles. The van der Waals surface area contributed by atoms with Gasteiger partial charge >= 0.3 is 0 Å². The molecule has 1 saturated heterocycles. The van der Waals surface area contributed by atoms with Crippen LogP contribution >= 0.6 is 0 Å². The minimum atomic E-state index is 0.230. The van der Waals surface area contributed by atoms with Crippen LogP contribution in [0.25, 0.3) is 0 Å². The van der Waals surface area contributed by atoms with Crippen LogP contribution in [-0.2, 0) is 4.79 Å². The first-order valence-electron chi connectivity index (χ1n) is 6.41. The first-order valence-corrected chi connectivity index (χ1v) is 6.41. The molecule has 0 aliphatic carbocycles. The van der Waals surface area contributed by atoms with E-state index < -0.39 is 0 Å². The lowest BCUT2D eigenvalue weighted by atomic mass is 10.3. The van der Waals surface area contributed by atoms with Gasteiger partial charge in [-0.3, -0.25) is 9.69 Å². The number of hydrogen-bond acceptors (Lipinski definition) is 4. The average Bonchev–Trinajstić information content (AvgIpc) is 2.54. The number of nitrogens with one attached hydrogen (secondary N) is 1. The highest BCUT2D eigenvalue weighted by Gasteiger charge is 2.15. The highest BCUT2D eigenvalue weighted by Crippen LogP contribution is 1.97. The van der Waals surface area contributed by atoms with E-state index in [0.29, 0.717) is 6.54 Å². The van der Waals surface area contributed by atoms with Crippen LogP contribution in [0.15, 0.2) is 0 Å². The van der Waals surface area contributed by atoms with Gasteiger partial charge in [0.15, 0.2) is 0 Å². The van der Waals surface area contributed by atoms with Crippen molar-refractivity contribution in [2.45, 2.75) is 6.42 Å². The van der Waals surface area contributed by atoms with Crippen molar-refractivity contribution in [3.05, 3.63) is 0 Å². The van der Waals surface area contributed by atoms with Crippen LogP contribution in [0.2, 0.25) is 0 Å². The highest BCUT2D eigenvalue weighted by molar-refractivity contribution is 5.78. The summed E-state index contributed by atoms with van der Waals surface area (Å²) in [6, 6.07) is 0. The Balaban J connectivity index is 2.26. The predicted octanol–water partition coefficient (Wildman–Crippen LogP) is -0.698. The molecule has 1 fully saturated rings. The van der Waals surface area contributed by atoms with Gasteiger partial charge in [0.05, 0.1) is 6.54 Å². The van der Waals surface area contributed by atoms with Crippen molar-refractivity contribution in [3.8, 4) is 0 Å². The van der Waals surface area contributed by atoms with Gasteiger partial charge in [-0.1, -0.05) is 0 Å². The van der Waals surface area contributed by atoms with Crippen molar-refractivity contribution >= 4 is 5.91 Å². The average molecular weight is 242 g/mol. The van der Waals surface area contributed by atoms with E-state index in [-0.39, 0.29) is 5.91 Å². The second-order valence-corrected chi connectivity index (χ2v) is 5.00. The fourth-order valence-corrected chi connectivity index (χ4v) is 1.85. The number of nitrogens with zero attached hydrogens (tertiary/aromatic N) is 3. The van der Waals surface area contributed by atoms with Crippen LogP contribution in [0.4, 0.5) is 0 Å². The summed E-state index contributed by atoms with van der Waals surface area (Å²) < 4.78 is 0. The number of rotatable bonds is 5. The van der Waals surface area contributed by atoms with E-state index in [9.17, 15) is 4.79 Å². The Hall–Kier alpha value is -0.650. The summed E-state index contributed by atoms with van der Waals surface area (Å²) in [7, 11) is 5.94. The number of hydrogen-bond donors (Lipinski definition) is 1. The molecule has 0 bridgehead atoms. The summed E-state index contributed by atoms with van der Waals surface area (Å²) in [5.74, 6) is 0.230. The molecule has 0 radical (unpaired) electrons. The van der Waals surface area contributed by atoms with Gasteiger partial charge in [0.1, 0.15) is 0 Å². The minimum Gasteiger partial charge on any atom is -0.343 e. The number of amides is 1. The first kappa shape index (κ1) is 14.4. The molecule has 0 aromatic heterocycles. The third-order valence-corrected chi connectivity index (χ3v) is 3.10. The molecule has 0 atom stereocenters. The van der Waals surface area contributed by atoms with E-state index in [1.54, 1.807) is 0 Å². The molecular weight excluding hydrogens is 216 g/mol. The van der Waals surface area contributed by atoms with Gasteiger partial charge in [0, 0.05) is 33.2 Å². The van der Waals surface area contributed by atoms with Gasteiger partial charge < -0.3 is 15.1 Å². The minimum absolute atomic E-state index is 0.230. The van der Waals surface area contributed by atoms with Crippen molar-refractivity contribution < 1.29 is 4.79 Å². The molecule has 5 nitrogen and oxygen atoms in total. The maximum absolute atomic E-state index is 12.0. The molecule has 0 unspecified atom stereocenters. The zero-order valence-electron chi connectivity index (χ0n) is 11.4. The summed E-state index contributed by atoms with van der Waals surface area (Å²) in [5.41, 5.74) is 0. The first-order chi connectivity index (χ1) is 8.09. The van der Waals surface area contributed by atoms with E-state index in [1.165, 1.54) is 0 Å². The lowest BCUT2D eigenvalue weighted by molar-refractivity contribution is -0.131. The molecule has 1 aliphatic rings. The summed E-state index contributed by atoms with van der Waals surface area (Å²) in [4.78, 5) is 18.2. The van der Waals surface area contributed by atoms with Gasteiger partial charge in [-0.2, -0.15) is 0 Å². The van der Waals surface area contributed by atoms with E-state index in [2.05, 4.69) is 15.1 Å². The molecular formula is C12H26N4O. The van der Waals surface area contributed by atoms with Crippen LogP contribution in [0.3, 0.4) is 0 Å². The Labute approximate surface area is 105 Å². The molecule has 1 rings (SSSR count). The van der Waals surface area contributed by atoms with E-state index in [1.807, 2.05) is 26.0 Å². The Bertz CT molecular complexity index is 225. The number of likely N-dealkylation sites (N-methyl/N-ethyl adjacent to an activating group) is 2. The highest BCUT2D eigenvalue weighted by atomic mass is 16.2. The quantitative estimate of drug-likeness (QED) is 0.692. The predicted molar refractivity (Wildman–Crippen MR) is 70.1 cm³/mol. The zero-order valence-corrected chi connectivity index (χ0v) is 11.4. The van der Waals surface area contributed by atoms with Crippen LogP contribution < -0.4 is 5.32 Å². The van der Waals surface area contributed by atoms with E-state index in [4.69, 9.17) is 0 Å². The van der Waals surface area contributed by atoms with Crippen molar-refractivity contribution in [2.24, 2.45) is 0 Å². The van der Waals surface area contributed by atoms with Crippen molar-refractivity contribution in [1.29, 1.82) is 0 Å². The van der Waals surface area contributed by atoms with Gasteiger partial charge in [-0.05, 0) is 33.6 Å². The van der Waals surface area contributed by atoms with E-state index >= 15 is 0 Å². The zero-order chi connectivity index (χ0) is 12.7. The fraction of sp³-hybridized carbons (Fsp3) is 0.917. The van der Waals surface area contributed by atoms with Crippen molar-refractivity contribution in [3.63, 3.8) is 0 Å². The SMILES string of the molecule is CN(C)CCN(C)C(=O)CN1CCCNCC1. The van der Waals surface area contributed by atoms with Crippen molar-refractivity contribution in [2.75, 3.05) is 67.0 Å². The normalized spacial score (nSPS) is 18.1. The van der Waals surface area contributed by atoms with E-state index in [0.717, 1.165) is 45.7 Å². The maximum Gasteiger partial charge on any atom is 0.236 e.